The molecule has 0 aromatic carbocycles. The van der Waals surface area contributed by atoms with Gasteiger partial charge in [-0.15, -0.1) is 0 Å². The van der Waals surface area contributed by atoms with Gasteiger partial charge < -0.3 is 0 Å². The molecule has 2 nitrogen and oxygen atoms in total. The third-order valence-corrected chi connectivity index (χ3v) is 3.61. The summed E-state index contributed by atoms with van der Waals surface area (Å²) < 4.78 is 0. The molecule has 1 aliphatic heterocycles. The van der Waals surface area contributed by atoms with Gasteiger partial charge in [0.25, 0.3) is 0 Å². The van der Waals surface area contributed by atoms with E-state index in [0.717, 1.165) is 18.4 Å². The van der Waals surface area contributed by atoms with Crippen LogP contribution in [0.4, 0.5) is 0 Å². The number of nitrogens with zero attached hydrogens (tertiary/aromatic N) is 2. The van der Waals surface area contributed by atoms with Gasteiger partial charge in [-0.1, -0.05) is 19.9 Å². The van der Waals surface area contributed by atoms with E-state index in [2.05, 4.69) is 29.8 Å². The average Bonchev–Trinajstić information content (AvgIpc) is 2.30. The average molecular weight is 218 g/mol. The van der Waals surface area contributed by atoms with E-state index in [1.165, 1.54) is 31.5 Å². The van der Waals surface area contributed by atoms with E-state index in [4.69, 9.17) is 0 Å². The summed E-state index contributed by atoms with van der Waals surface area (Å²) in [5, 5.41) is 0. The molecule has 1 aromatic heterocycles. The van der Waals surface area contributed by atoms with Crippen molar-refractivity contribution in [3.8, 4) is 0 Å². The predicted octanol–water partition coefficient (Wildman–Crippen LogP) is 2.95. The predicted molar refractivity (Wildman–Crippen MR) is 67.1 cm³/mol. The van der Waals surface area contributed by atoms with Gasteiger partial charge in [-0.2, -0.15) is 0 Å². The smallest absolute Gasteiger partial charge is 0.0312 e. The largest absolute Gasteiger partial charge is 0.299 e. The number of rotatable bonds is 3. The molecule has 0 bridgehead atoms. The lowest BCUT2D eigenvalue weighted by atomic mass is 9.88. The second-order valence-corrected chi connectivity index (χ2v) is 5.24. The monoisotopic (exact) mass is 218 g/mol. The maximum absolute atomic E-state index is 4.18. The van der Waals surface area contributed by atoms with E-state index in [9.17, 15) is 0 Å². The van der Waals surface area contributed by atoms with Gasteiger partial charge >= 0.3 is 0 Å². The zero-order valence-corrected chi connectivity index (χ0v) is 10.4. The summed E-state index contributed by atoms with van der Waals surface area (Å²) >= 11 is 0. The topological polar surface area (TPSA) is 16.1 Å². The Balaban J connectivity index is 1.90. The highest BCUT2D eigenvalue weighted by atomic mass is 15.1. The first-order valence-corrected chi connectivity index (χ1v) is 6.37. The lowest BCUT2D eigenvalue weighted by Crippen LogP contribution is -2.36. The van der Waals surface area contributed by atoms with Gasteiger partial charge in [0, 0.05) is 25.5 Å². The van der Waals surface area contributed by atoms with Crippen LogP contribution in [0.15, 0.2) is 24.5 Å². The molecule has 1 aromatic rings. The van der Waals surface area contributed by atoms with Crippen molar-refractivity contribution < 1.29 is 0 Å². The van der Waals surface area contributed by atoms with Crippen LogP contribution in [0, 0.1) is 11.8 Å². The summed E-state index contributed by atoms with van der Waals surface area (Å²) in [5.74, 6) is 1.70. The van der Waals surface area contributed by atoms with Gasteiger partial charge in [-0.3, -0.25) is 9.88 Å². The zero-order chi connectivity index (χ0) is 11.4. The molecule has 1 atom stereocenters. The molecule has 16 heavy (non-hydrogen) atoms. The van der Waals surface area contributed by atoms with Gasteiger partial charge in [0.2, 0.25) is 0 Å². The normalized spacial score (nSPS) is 22.6. The Morgan fingerprint density at radius 2 is 2.38 bits per heavy atom. The van der Waals surface area contributed by atoms with E-state index in [1.807, 2.05) is 18.5 Å². The van der Waals surface area contributed by atoms with Crippen LogP contribution in [-0.2, 0) is 6.54 Å². The Kier molecular flexibility index (Phi) is 3.94. The molecule has 1 saturated heterocycles. The van der Waals surface area contributed by atoms with Crippen molar-refractivity contribution in [2.45, 2.75) is 33.2 Å². The Hall–Kier alpha value is -0.890. The lowest BCUT2D eigenvalue weighted by Gasteiger charge is -2.34. The molecule has 88 valence electrons. The van der Waals surface area contributed by atoms with Gasteiger partial charge in [0.15, 0.2) is 0 Å². The van der Waals surface area contributed by atoms with Crippen molar-refractivity contribution >= 4 is 0 Å². The number of aromatic nitrogens is 1. The molecule has 2 heterocycles. The second kappa shape index (κ2) is 5.44. The first kappa shape index (κ1) is 11.6. The molecule has 2 rings (SSSR count). The van der Waals surface area contributed by atoms with Crippen LogP contribution in [0.5, 0.6) is 0 Å². The van der Waals surface area contributed by atoms with Crippen molar-refractivity contribution in [1.82, 2.24) is 9.88 Å². The number of pyridine rings is 1. The quantitative estimate of drug-likeness (QED) is 0.775. The van der Waals surface area contributed by atoms with Gasteiger partial charge in [-0.05, 0) is 42.9 Å². The Labute approximate surface area is 98.7 Å². The van der Waals surface area contributed by atoms with E-state index in [0.29, 0.717) is 0 Å². The number of piperidine rings is 1. The minimum absolute atomic E-state index is 0.816. The summed E-state index contributed by atoms with van der Waals surface area (Å²) in [6, 6.07) is 4.20. The van der Waals surface area contributed by atoms with Crippen LogP contribution < -0.4 is 0 Å². The van der Waals surface area contributed by atoms with Crippen molar-refractivity contribution in [3.05, 3.63) is 30.1 Å². The van der Waals surface area contributed by atoms with E-state index >= 15 is 0 Å². The van der Waals surface area contributed by atoms with Gasteiger partial charge in [0.1, 0.15) is 0 Å². The highest BCUT2D eigenvalue weighted by Crippen LogP contribution is 2.24. The zero-order valence-electron chi connectivity index (χ0n) is 10.4. The van der Waals surface area contributed by atoms with Gasteiger partial charge in [0.05, 0.1) is 0 Å². The molecule has 0 amide bonds. The molecule has 1 aliphatic rings. The van der Waals surface area contributed by atoms with Gasteiger partial charge in [-0.25, -0.2) is 0 Å². The molecule has 2 heteroatoms. The molecule has 1 fully saturated rings. The highest BCUT2D eigenvalue weighted by Gasteiger charge is 2.22. The number of hydrogen-bond donors (Lipinski definition) is 0. The summed E-state index contributed by atoms with van der Waals surface area (Å²) in [6.07, 6.45) is 6.58. The molecule has 0 aliphatic carbocycles. The van der Waals surface area contributed by atoms with Crippen LogP contribution in [0.25, 0.3) is 0 Å². The first-order valence-electron chi connectivity index (χ1n) is 6.37. The summed E-state index contributed by atoms with van der Waals surface area (Å²) in [7, 11) is 0. The lowest BCUT2D eigenvalue weighted by molar-refractivity contribution is 0.139. The second-order valence-electron chi connectivity index (χ2n) is 5.24. The Bertz CT molecular complexity index is 308. The minimum Gasteiger partial charge on any atom is -0.299 e. The van der Waals surface area contributed by atoms with Crippen molar-refractivity contribution in [2.24, 2.45) is 11.8 Å². The summed E-state index contributed by atoms with van der Waals surface area (Å²) in [4.78, 5) is 6.75. The highest BCUT2D eigenvalue weighted by molar-refractivity contribution is 5.08. The maximum atomic E-state index is 4.18. The molecule has 0 saturated carbocycles. The standard InChI is InChI=1S/C14H22N2/c1-12(2)14-6-4-8-16(11-14)10-13-5-3-7-15-9-13/h3,5,7,9,12,14H,4,6,8,10-11H2,1-2H3/t14-/m1/s1. The summed E-state index contributed by atoms with van der Waals surface area (Å²) in [6.45, 7) is 8.26. The van der Waals surface area contributed by atoms with E-state index in [1.54, 1.807) is 0 Å². The first-order chi connectivity index (χ1) is 7.75. The molecule has 0 radical (unpaired) electrons. The fourth-order valence-electron chi connectivity index (χ4n) is 2.53. The SMILES string of the molecule is CC(C)[C@@H]1CCCN(Cc2cccnc2)C1. The minimum atomic E-state index is 0.816. The molecule has 0 unspecified atom stereocenters. The van der Waals surface area contributed by atoms with Crippen molar-refractivity contribution in [3.63, 3.8) is 0 Å². The van der Waals surface area contributed by atoms with Crippen molar-refractivity contribution in [1.29, 1.82) is 0 Å². The summed E-state index contributed by atoms with van der Waals surface area (Å²) in [5.41, 5.74) is 1.34. The van der Waals surface area contributed by atoms with Crippen LogP contribution >= 0.6 is 0 Å². The van der Waals surface area contributed by atoms with Crippen LogP contribution in [0.2, 0.25) is 0 Å². The van der Waals surface area contributed by atoms with Crippen LogP contribution in [0.3, 0.4) is 0 Å². The van der Waals surface area contributed by atoms with Crippen LogP contribution in [-0.4, -0.2) is 23.0 Å². The molecular formula is C14H22N2. The van der Waals surface area contributed by atoms with E-state index < -0.39 is 0 Å². The van der Waals surface area contributed by atoms with E-state index in [-0.39, 0.29) is 0 Å². The molecule has 0 N–H and O–H groups in total. The molecule has 0 spiro atoms. The number of hydrogen-bond acceptors (Lipinski definition) is 2. The van der Waals surface area contributed by atoms with Crippen LogP contribution in [0.1, 0.15) is 32.3 Å². The van der Waals surface area contributed by atoms with Crippen molar-refractivity contribution in [2.75, 3.05) is 13.1 Å². The molecular weight excluding hydrogens is 196 g/mol. The fourth-order valence-corrected chi connectivity index (χ4v) is 2.53. The fraction of sp³-hybridized carbons (Fsp3) is 0.643. The maximum Gasteiger partial charge on any atom is 0.0312 e. The Morgan fingerprint density at radius 1 is 1.50 bits per heavy atom. The number of likely N-dealkylation sites (tertiary alicyclic amines) is 1. The third kappa shape index (κ3) is 3.05. The third-order valence-electron chi connectivity index (χ3n) is 3.61. The Morgan fingerprint density at radius 3 is 3.06 bits per heavy atom.